The Morgan fingerprint density at radius 3 is 2.44 bits per heavy atom. The van der Waals surface area contributed by atoms with Crippen molar-refractivity contribution in [2.24, 2.45) is 5.84 Å². The molecular weight excluding hydrogens is 234 g/mol. The van der Waals surface area contributed by atoms with Crippen LogP contribution in [0, 0.1) is 0 Å². The van der Waals surface area contributed by atoms with Crippen molar-refractivity contribution in [1.82, 2.24) is 11.2 Å². The number of ether oxygens (including phenoxy) is 1. The summed E-state index contributed by atoms with van der Waals surface area (Å²) in [5, 5.41) is 0. The number of carbonyl (C=O) groups excluding carboxylic acids is 2. The first kappa shape index (κ1) is 14.1. The Hall–Kier alpha value is -1.92. The molecule has 1 rings (SSSR count). The molecule has 0 spiro atoms. The molecule has 1 aromatic carbocycles. The molecule has 2 amide bonds. The fraction of sp³-hybridized carbons (Fsp3) is 0.333. The summed E-state index contributed by atoms with van der Waals surface area (Å²) in [7, 11) is 0. The zero-order chi connectivity index (χ0) is 13.7. The van der Waals surface area contributed by atoms with Gasteiger partial charge in [-0.3, -0.25) is 20.7 Å². The number of hydrogen-bond donors (Lipinski definition) is 2. The number of hydrogen-bond acceptors (Lipinski definition) is 4. The van der Waals surface area contributed by atoms with Crippen LogP contribution >= 0.6 is 0 Å². The minimum atomic E-state index is -0.854. The van der Waals surface area contributed by atoms with Crippen molar-refractivity contribution >= 4 is 11.8 Å². The molecule has 0 aromatic heterocycles. The number of nitrogen functional groups attached to an aromatic ring is 1. The Bertz CT molecular complexity index is 458. The second-order valence-corrected chi connectivity index (χ2v) is 4.08. The average Bonchev–Trinajstić information content (AvgIpc) is 2.34. The molecule has 0 saturated carbocycles. The summed E-state index contributed by atoms with van der Waals surface area (Å²) in [5.74, 6) is 3.68. The third-order valence-electron chi connectivity index (χ3n) is 2.23. The van der Waals surface area contributed by atoms with Crippen LogP contribution in [-0.4, -0.2) is 17.9 Å². The Kier molecular flexibility index (Phi) is 4.82. The zero-order valence-corrected chi connectivity index (χ0v) is 10.3. The molecule has 0 saturated heterocycles. The van der Waals surface area contributed by atoms with Crippen LogP contribution in [0.1, 0.15) is 40.1 Å². The van der Waals surface area contributed by atoms with Gasteiger partial charge >= 0.3 is 0 Å². The molecule has 6 heteroatoms. The number of nitrogens with one attached hydrogen (secondary N) is 2. The summed E-state index contributed by atoms with van der Waals surface area (Å²) < 4.78 is 5.40. The lowest BCUT2D eigenvalue weighted by atomic mass is 10.1. The predicted molar refractivity (Wildman–Crippen MR) is 65.4 cm³/mol. The molecular formula is C12H16N3O3. The second-order valence-electron chi connectivity index (χ2n) is 4.08. The average molecular weight is 250 g/mol. The Balaban J connectivity index is 3.06. The van der Waals surface area contributed by atoms with E-state index in [1.165, 1.54) is 12.1 Å². The molecule has 0 unspecified atom stereocenters. The van der Waals surface area contributed by atoms with Crippen LogP contribution in [0.2, 0.25) is 0 Å². The van der Waals surface area contributed by atoms with E-state index in [2.05, 4.69) is 0 Å². The van der Waals surface area contributed by atoms with Crippen molar-refractivity contribution in [3.8, 4) is 0 Å². The maximum atomic E-state index is 11.4. The number of benzene rings is 1. The largest absolute Gasteiger partial charge is 0.374 e. The monoisotopic (exact) mass is 250 g/mol. The third-order valence-corrected chi connectivity index (χ3v) is 2.23. The summed E-state index contributed by atoms with van der Waals surface area (Å²) in [6, 6.07) is 4.44. The number of amides is 2. The summed E-state index contributed by atoms with van der Waals surface area (Å²) in [4.78, 5) is 22.5. The smallest absolute Gasteiger partial charge is 0.269 e. The van der Waals surface area contributed by atoms with E-state index in [9.17, 15) is 9.59 Å². The van der Waals surface area contributed by atoms with Crippen LogP contribution in [0.4, 0.5) is 0 Å². The molecule has 0 heterocycles. The van der Waals surface area contributed by atoms with Crippen LogP contribution in [0.3, 0.4) is 0 Å². The molecule has 0 aliphatic heterocycles. The molecule has 0 aliphatic rings. The van der Waals surface area contributed by atoms with Crippen LogP contribution in [0.5, 0.6) is 0 Å². The molecule has 0 bridgehead atoms. The third kappa shape index (κ3) is 3.83. The summed E-state index contributed by atoms with van der Waals surface area (Å²) in [6.07, 6.45) is 0.0344. The number of nitrogens with two attached hydrogens (primary N) is 1. The first-order valence-corrected chi connectivity index (χ1v) is 5.46. The summed E-state index contributed by atoms with van der Waals surface area (Å²) >= 11 is 0. The lowest BCUT2D eigenvalue weighted by Crippen LogP contribution is -2.30. The van der Waals surface area contributed by atoms with Crippen molar-refractivity contribution in [3.05, 3.63) is 34.9 Å². The number of hydrazine groups is 1. The molecule has 4 N–H and O–H groups in total. The molecule has 1 aromatic rings. The van der Waals surface area contributed by atoms with E-state index in [0.717, 1.165) is 0 Å². The standard InChI is InChI=1S/C12H16N3O3/c1-7(2)18-6-8-3-9(11(13)16)5-10(4-8)12(17)15-14/h3-5,7,13H,6,14H2,1-2H3,(H,15,17). The highest BCUT2D eigenvalue weighted by molar-refractivity contribution is 5.98. The maximum Gasteiger partial charge on any atom is 0.269 e. The fourth-order valence-electron chi connectivity index (χ4n) is 1.38. The SMILES string of the molecule is CC(C)OCc1cc(C([NH])=O)cc(C(=O)NN)c1. The van der Waals surface area contributed by atoms with Gasteiger partial charge in [0.15, 0.2) is 0 Å². The summed E-state index contributed by atoms with van der Waals surface area (Å²) in [6.45, 7) is 4.03. The molecule has 1 radical (unpaired) electrons. The Morgan fingerprint density at radius 2 is 1.94 bits per heavy atom. The van der Waals surface area contributed by atoms with Crippen molar-refractivity contribution in [3.63, 3.8) is 0 Å². The van der Waals surface area contributed by atoms with Gasteiger partial charge in [0, 0.05) is 11.1 Å². The minimum absolute atomic E-state index is 0.0344. The molecule has 18 heavy (non-hydrogen) atoms. The van der Waals surface area contributed by atoms with E-state index in [1.54, 1.807) is 6.07 Å². The van der Waals surface area contributed by atoms with Gasteiger partial charge in [-0.15, -0.1) is 0 Å². The van der Waals surface area contributed by atoms with Crippen LogP contribution < -0.4 is 17.0 Å². The van der Waals surface area contributed by atoms with Gasteiger partial charge in [-0.1, -0.05) is 0 Å². The van der Waals surface area contributed by atoms with Gasteiger partial charge in [0.1, 0.15) is 0 Å². The van der Waals surface area contributed by atoms with Crippen molar-refractivity contribution in [2.75, 3.05) is 0 Å². The highest BCUT2D eigenvalue weighted by Gasteiger charge is 2.11. The first-order valence-electron chi connectivity index (χ1n) is 5.46. The van der Waals surface area contributed by atoms with Gasteiger partial charge in [-0.05, 0) is 37.6 Å². The quantitative estimate of drug-likeness (QED) is 0.454. The number of rotatable bonds is 5. The lowest BCUT2D eigenvalue weighted by Gasteiger charge is -2.10. The van der Waals surface area contributed by atoms with E-state index in [0.29, 0.717) is 5.56 Å². The van der Waals surface area contributed by atoms with Gasteiger partial charge in [-0.2, -0.15) is 0 Å². The van der Waals surface area contributed by atoms with E-state index < -0.39 is 11.8 Å². The topological polar surface area (TPSA) is 105 Å². The first-order chi connectivity index (χ1) is 8.43. The summed E-state index contributed by atoms with van der Waals surface area (Å²) in [5.41, 5.74) is 10.1. The highest BCUT2D eigenvalue weighted by atomic mass is 16.5. The molecule has 97 valence electrons. The normalized spacial score (nSPS) is 10.4. The van der Waals surface area contributed by atoms with Crippen molar-refractivity contribution in [2.45, 2.75) is 26.6 Å². The van der Waals surface area contributed by atoms with Crippen LogP contribution in [0.15, 0.2) is 18.2 Å². The zero-order valence-electron chi connectivity index (χ0n) is 10.3. The molecule has 0 atom stereocenters. The van der Waals surface area contributed by atoms with Gasteiger partial charge < -0.3 is 4.74 Å². The van der Waals surface area contributed by atoms with Crippen molar-refractivity contribution < 1.29 is 14.3 Å². The van der Waals surface area contributed by atoms with Crippen LogP contribution in [-0.2, 0) is 11.3 Å². The second kappa shape index (κ2) is 6.13. The molecule has 6 nitrogen and oxygen atoms in total. The molecule has 0 fully saturated rings. The maximum absolute atomic E-state index is 11.4. The fourth-order valence-corrected chi connectivity index (χ4v) is 1.38. The highest BCUT2D eigenvalue weighted by Crippen LogP contribution is 2.12. The Labute approximate surface area is 105 Å². The van der Waals surface area contributed by atoms with Gasteiger partial charge in [0.2, 0.25) is 0 Å². The molecule has 0 aliphatic carbocycles. The van der Waals surface area contributed by atoms with Gasteiger partial charge in [0.05, 0.1) is 12.7 Å². The minimum Gasteiger partial charge on any atom is -0.374 e. The van der Waals surface area contributed by atoms with E-state index >= 15 is 0 Å². The lowest BCUT2D eigenvalue weighted by molar-refractivity contribution is 0.0656. The number of carbonyl (C=O) groups is 2. The van der Waals surface area contributed by atoms with Crippen molar-refractivity contribution in [1.29, 1.82) is 0 Å². The van der Waals surface area contributed by atoms with Crippen LogP contribution in [0.25, 0.3) is 0 Å². The van der Waals surface area contributed by atoms with E-state index in [4.69, 9.17) is 16.3 Å². The Morgan fingerprint density at radius 1 is 1.33 bits per heavy atom. The van der Waals surface area contributed by atoms with Gasteiger partial charge in [0.25, 0.3) is 11.8 Å². The predicted octanol–water partition coefficient (Wildman–Crippen LogP) is 0.638. The van der Waals surface area contributed by atoms with E-state index in [-0.39, 0.29) is 23.8 Å². The van der Waals surface area contributed by atoms with Gasteiger partial charge in [-0.25, -0.2) is 5.84 Å². The van der Waals surface area contributed by atoms with E-state index in [1.807, 2.05) is 19.3 Å².